The highest BCUT2D eigenvalue weighted by Crippen LogP contribution is 2.38. The first-order chi connectivity index (χ1) is 19.9. The molecule has 11 nitrogen and oxygen atoms in total. The molecule has 12 heteroatoms. The van der Waals surface area contributed by atoms with E-state index in [1.165, 1.54) is 0 Å². The van der Waals surface area contributed by atoms with Crippen molar-refractivity contribution in [2.24, 2.45) is 5.92 Å². The average molecular weight is 600 g/mol. The SMILES string of the molecule is CC(C)C(=O)N1CCN(c2cc(S(=O)(=O)NC3(C)CC3)cc3c2cnn3C2CCCN(C(=O)/C=C/CN(C)C)C2)CC1. The van der Waals surface area contributed by atoms with Crippen LogP contribution in [0.3, 0.4) is 0 Å². The minimum atomic E-state index is -3.77. The zero-order chi connectivity index (χ0) is 30.2. The van der Waals surface area contributed by atoms with E-state index in [1.54, 1.807) is 18.2 Å². The number of sulfonamides is 1. The number of benzene rings is 1. The molecule has 3 fully saturated rings. The Labute approximate surface area is 249 Å². The Morgan fingerprint density at radius 2 is 1.83 bits per heavy atom. The lowest BCUT2D eigenvalue weighted by atomic mass is 10.1. The maximum atomic E-state index is 13.6. The van der Waals surface area contributed by atoms with Gasteiger partial charge < -0.3 is 19.6 Å². The lowest BCUT2D eigenvalue weighted by Crippen LogP contribution is -2.50. The van der Waals surface area contributed by atoms with Gasteiger partial charge in [0.15, 0.2) is 0 Å². The Bertz CT molecular complexity index is 1450. The van der Waals surface area contributed by atoms with Crippen LogP contribution < -0.4 is 9.62 Å². The Hall–Kier alpha value is -2.96. The van der Waals surface area contributed by atoms with E-state index in [-0.39, 0.29) is 28.7 Å². The summed E-state index contributed by atoms with van der Waals surface area (Å²) in [5, 5.41) is 5.66. The molecule has 1 aliphatic carbocycles. The molecular formula is C30H45N7O4S. The summed E-state index contributed by atoms with van der Waals surface area (Å²) in [5.74, 6) is 0.0617. The summed E-state index contributed by atoms with van der Waals surface area (Å²) < 4.78 is 32.0. The van der Waals surface area contributed by atoms with E-state index in [0.29, 0.717) is 45.8 Å². The summed E-state index contributed by atoms with van der Waals surface area (Å²) in [7, 11) is 0.152. The zero-order valence-corrected chi connectivity index (χ0v) is 26.4. The Balaban J connectivity index is 1.47. The standard InChI is InChI=1S/C30H45N7O4S/c1-22(2)29(39)35-16-14-34(15-17-35)26-18-24(42(40,41)32-30(3)10-11-30)19-27-25(26)20-31-37(27)23-8-6-13-36(21-23)28(38)9-7-12-33(4)5/h7,9,18-20,22-23,32H,6,8,10-17,21H2,1-5H3/b9-7+. The molecule has 1 saturated carbocycles. The van der Waals surface area contributed by atoms with Crippen LogP contribution in [0.5, 0.6) is 0 Å². The lowest BCUT2D eigenvalue weighted by molar-refractivity contribution is -0.134. The molecule has 3 aliphatic rings. The van der Waals surface area contributed by atoms with Gasteiger partial charge >= 0.3 is 0 Å². The van der Waals surface area contributed by atoms with Crippen LogP contribution in [0, 0.1) is 5.92 Å². The molecule has 42 heavy (non-hydrogen) atoms. The van der Waals surface area contributed by atoms with E-state index in [9.17, 15) is 18.0 Å². The van der Waals surface area contributed by atoms with E-state index < -0.39 is 15.6 Å². The summed E-state index contributed by atoms with van der Waals surface area (Å²) in [4.78, 5) is 33.7. The van der Waals surface area contributed by atoms with Gasteiger partial charge in [-0.15, -0.1) is 0 Å². The molecule has 230 valence electrons. The van der Waals surface area contributed by atoms with Gasteiger partial charge in [-0.1, -0.05) is 19.9 Å². The normalized spacial score (nSPS) is 21.2. The second kappa shape index (κ2) is 12.0. The van der Waals surface area contributed by atoms with Crippen molar-refractivity contribution >= 4 is 38.4 Å². The average Bonchev–Trinajstić information content (AvgIpc) is 3.51. The molecule has 2 saturated heterocycles. The van der Waals surface area contributed by atoms with Gasteiger partial charge in [-0.3, -0.25) is 14.3 Å². The summed E-state index contributed by atoms with van der Waals surface area (Å²) in [6.07, 6.45) is 8.66. The lowest BCUT2D eigenvalue weighted by Gasteiger charge is -2.37. The maximum Gasteiger partial charge on any atom is 0.246 e. The molecule has 1 aromatic heterocycles. The van der Waals surface area contributed by atoms with Crippen LogP contribution in [-0.4, -0.2) is 110 Å². The van der Waals surface area contributed by atoms with Crippen molar-refractivity contribution < 1.29 is 18.0 Å². The largest absolute Gasteiger partial charge is 0.367 e. The van der Waals surface area contributed by atoms with Crippen molar-refractivity contribution in [3.05, 3.63) is 30.5 Å². The summed E-state index contributed by atoms with van der Waals surface area (Å²) in [5.41, 5.74) is 1.16. The number of nitrogens with one attached hydrogen (secondary N) is 1. The van der Waals surface area contributed by atoms with Crippen molar-refractivity contribution in [3.8, 4) is 0 Å². The van der Waals surface area contributed by atoms with Crippen molar-refractivity contribution in [3.63, 3.8) is 0 Å². The van der Waals surface area contributed by atoms with Gasteiger partial charge in [0, 0.05) is 74.4 Å². The molecular weight excluding hydrogens is 554 g/mol. The number of piperidine rings is 1. The monoisotopic (exact) mass is 599 g/mol. The van der Waals surface area contributed by atoms with E-state index in [1.807, 2.05) is 66.5 Å². The number of hydrogen-bond acceptors (Lipinski definition) is 7. The van der Waals surface area contributed by atoms with Gasteiger partial charge in [0.05, 0.1) is 22.7 Å². The van der Waals surface area contributed by atoms with Gasteiger partial charge in [0.1, 0.15) is 0 Å². The molecule has 2 aliphatic heterocycles. The predicted molar refractivity (Wildman–Crippen MR) is 164 cm³/mol. The quantitative estimate of drug-likeness (QED) is 0.441. The van der Waals surface area contributed by atoms with Crippen LogP contribution in [0.25, 0.3) is 10.9 Å². The fraction of sp³-hybridized carbons (Fsp3) is 0.633. The number of likely N-dealkylation sites (tertiary alicyclic amines) is 1. The maximum absolute atomic E-state index is 13.6. The first kappa shape index (κ1) is 30.5. The summed E-state index contributed by atoms with van der Waals surface area (Å²) >= 11 is 0. The summed E-state index contributed by atoms with van der Waals surface area (Å²) in [6.45, 7) is 10.0. The van der Waals surface area contributed by atoms with Gasteiger partial charge in [-0.05, 0) is 58.8 Å². The van der Waals surface area contributed by atoms with Crippen LogP contribution >= 0.6 is 0 Å². The number of carbonyl (C=O) groups is 2. The molecule has 2 amide bonds. The highest BCUT2D eigenvalue weighted by molar-refractivity contribution is 7.89. The molecule has 0 spiro atoms. The van der Waals surface area contributed by atoms with Gasteiger partial charge in [0.2, 0.25) is 21.8 Å². The highest BCUT2D eigenvalue weighted by atomic mass is 32.2. The number of hydrogen-bond donors (Lipinski definition) is 1. The number of aromatic nitrogens is 2. The van der Waals surface area contributed by atoms with Crippen LogP contribution in [0.1, 0.15) is 52.5 Å². The first-order valence-electron chi connectivity index (χ1n) is 15.1. The van der Waals surface area contributed by atoms with Crippen LogP contribution in [-0.2, 0) is 19.6 Å². The number of likely N-dealkylation sites (N-methyl/N-ethyl adjacent to an activating group) is 1. The third-order valence-electron chi connectivity index (χ3n) is 8.57. The van der Waals surface area contributed by atoms with Crippen molar-refractivity contribution in [1.82, 2.24) is 29.2 Å². The second-order valence-corrected chi connectivity index (χ2v) is 14.5. The molecule has 0 bridgehead atoms. The molecule has 1 N–H and O–H groups in total. The number of carbonyl (C=O) groups excluding carboxylic acids is 2. The predicted octanol–water partition coefficient (Wildman–Crippen LogP) is 2.45. The molecule has 1 atom stereocenters. The van der Waals surface area contributed by atoms with E-state index in [4.69, 9.17) is 5.10 Å². The topological polar surface area (TPSA) is 111 Å². The van der Waals surface area contributed by atoms with E-state index in [2.05, 4.69) is 9.62 Å². The van der Waals surface area contributed by atoms with Gasteiger partial charge in [-0.2, -0.15) is 5.10 Å². The number of rotatable bonds is 9. The van der Waals surface area contributed by atoms with Crippen LogP contribution in [0.2, 0.25) is 0 Å². The number of fused-ring (bicyclic) bond motifs is 1. The van der Waals surface area contributed by atoms with Crippen molar-refractivity contribution in [2.45, 2.75) is 62.9 Å². The van der Waals surface area contributed by atoms with Crippen LogP contribution in [0.4, 0.5) is 5.69 Å². The fourth-order valence-corrected chi connectivity index (χ4v) is 7.34. The smallest absolute Gasteiger partial charge is 0.246 e. The molecule has 1 unspecified atom stereocenters. The number of nitrogens with zero attached hydrogens (tertiary/aromatic N) is 6. The Kier molecular flexibility index (Phi) is 8.69. The van der Waals surface area contributed by atoms with Gasteiger partial charge in [0.25, 0.3) is 0 Å². The van der Waals surface area contributed by atoms with Crippen LogP contribution in [0.15, 0.2) is 35.4 Å². The highest BCUT2D eigenvalue weighted by Gasteiger charge is 2.41. The Morgan fingerprint density at radius 3 is 2.48 bits per heavy atom. The van der Waals surface area contributed by atoms with Gasteiger partial charge in [-0.25, -0.2) is 13.1 Å². The minimum absolute atomic E-state index is 0.0161. The third kappa shape index (κ3) is 6.65. The third-order valence-corrected chi connectivity index (χ3v) is 10.2. The number of amides is 2. The number of piperazine rings is 1. The molecule has 0 radical (unpaired) electrons. The number of anilines is 1. The molecule has 2 aromatic rings. The van der Waals surface area contributed by atoms with E-state index in [0.717, 1.165) is 42.3 Å². The summed E-state index contributed by atoms with van der Waals surface area (Å²) in [6, 6.07) is 3.42. The van der Waals surface area contributed by atoms with E-state index >= 15 is 0 Å². The first-order valence-corrected chi connectivity index (χ1v) is 16.5. The minimum Gasteiger partial charge on any atom is -0.367 e. The van der Waals surface area contributed by atoms with Crippen molar-refractivity contribution in [1.29, 1.82) is 0 Å². The molecule has 1 aromatic carbocycles. The van der Waals surface area contributed by atoms with Crippen molar-refractivity contribution in [2.75, 3.05) is 64.8 Å². The Morgan fingerprint density at radius 1 is 1.12 bits per heavy atom. The zero-order valence-electron chi connectivity index (χ0n) is 25.5. The second-order valence-electron chi connectivity index (χ2n) is 12.8. The fourth-order valence-electron chi connectivity index (χ4n) is 5.84. The molecule has 3 heterocycles. The molecule has 5 rings (SSSR count).